The topological polar surface area (TPSA) is 51.5 Å². The number of piperidine rings is 1. The molecule has 1 aromatic heterocycles. The van der Waals surface area contributed by atoms with Crippen molar-refractivity contribution in [2.75, 3.05) is 20.1 Å². The summed E-state index contributed by atoms with van der Waals surface area (Å²) in [5.74, 6) is -1.96. The number of rotatable bonds is 4. The predicted octanol–water partition coefficient (Wildman–Crippen LogP) is 4.34. The lowest BCUT2D eigenvalue weighted by Gasteiger charge is -2.28. The van der Waals surface area contributed by atoms with E-state index in [-0.39, 0.29) is 5.75 Å². The van der Waals surface area contributed by atoms with E-state index in [0.29, 0.717) is 5.92 Å². The minimum absolute atomic E-state index is 0.0445. The molecular formula is C22H24F2N2O3S. The summed E-state index contributed by atoms with van der Waals surface area (Å²) in [6.45, 7) is 3.86. The number of benzene rings is 2. The minimum atomic E-state index is -4.66. The highest BCUT2D eigenvalue weighted by Crippen LogP contribution is 2.37. The zero-order chi connectivity index (χ0) is 21.6. The number of aryl methyl sites for hydroxylation is 2. The Balaban J connectivity index is 1.76. The molecule has 0 unspecified atom stereocenters. The van der Waals surface area contributed by atoms with Crippen molar-refractivity contribution in [3.05, 3.63) is 59.3 Å². The average Bonchev–Trinajstić information content (AvgIpc) is 2.98. The summed E-state index contributed by atoms with van der Waals surface area (Å²) in [4.78, 5) is 1.21. The van der Waals surface area contributed by atoms with Crippen LogP contribution in [0, 0.1) is 18.6 Å². The highest BCUT2D eigenvalue weighted by atomic mass is 32.2. The first kappa shape index (κ1) is 20.8. The Morgan fingerprint density at radius 1 is 1.07 bits per heavy atom. The van der Waals surface area contributed by atoms with E-state index in [0.717, 1.165) is 66.2 Å². The van der Waals surface area contributed by atoms with E-state index in [1.165, 1.54) is 0 Å². The van der Waals surface area contributed by atoms with E-state index in [2.05, 4.69) is 18.1 Å². The van der Waals surface area contributed by atoms with Gasteiger partial charge in [0.25, 0.3) is 0 Å². The maximum absolute atomic E-state index is 14.0. The lowest BCUT2D eigenvalue weighted by Crippen LogP contribution is -2.29. The summed E-state index contributed by atoms with van der Waals surface area (Å²) in [6, 6.07) is 6.13. The highest BCUT2D eigenvalue weighted by Gasteiger charge is 2.27. The van der Waals surface area contributed by atoms with Crippen molar-refractivity contribution in [3.63, 3.8) is 0 Å². The van der Waals surface area contributed by atoms with Crippen LogP contribution < -0.4 is 4.18 Å². The van der Waals surface area contributed by atoms with Gasteiger partial charge >= 0.3 is 10.1 Å². The van der Waals surface area contributed by atoms with E-state index < -0.39 is 26.6 Å². The number of hydrogen-bond acceptors (Lipinski definition) is 4. The quantitative estimate of drug-likeness (QED) is 0.573. The summed E-state index contributed by atoms with van der Waals surface area (Å²) < 4.78 is 60.5. The SMILES string of the molecule is Cc1cc(OS(=O)(=O)c2c(F)cccc2F)cc2c(C3CCN(C)CC3)cn(C)c12. The van der Waals surface area contributed by atoms with Crippen LogP contribution in [0.2, 0.25) is 0 Å². The Labute approximate surface area is 175 Å². The van der Waals surface area contributed by atoms with Crippen LogP contribution in [0.15, 0.2) is 41.4 Å². The predicted molar refractivity (Wildman–Crippen MR) is 111 cm³/mol. The molecule has 0 amide bonds. The van der Waals surface area contributed by atoms with Gasteiger partial charge in [0.15, 0.2) is 4.90 Å². The van der Waals surface area contributed by atoms with Crippen LogP contribution in [-0.2, 0) is 17.2 Å². The molecule has 0 bridgehead atoms. The Kier molecular flexibility index (Phi) is 5.32. The molecule has 1 fully saturated rings. The maximum Gasteiger partial charge on any atom is 0.345 e. The molecule has 2 aromatic carbocycles. The summed E-state index contributed by atoms with van der Waals surface area (Å²) in [5.41, 5.74) is 2.96. The molecule has 3 aromatic rings. The van der Waals surface area contributed by atoms with Crippen LogP contribution in [0.4, 0.5) is 8.78 Å². The first-order chi connectivity index (χ1) is 14.2. The smallest absolute Gasteiger partial charge is 0.345 e. The minimum Gasteiger partial charge on any atom is -0.379 e. The lowest BCUT2D eigenvalue weighted by atomic mass is 9.89. The second kappa shape index (κ2) is 7.67. The first-order valence-electron chi connectivity index (χ1n) is 9.84. The van der Waals surface area contributed by atoms with Crippen LogP contribution in [-0.4, -0.2) is 38.0 Å². The van der Waals surface area contributed by atoms with Gasteiger partial charge in [-0.3, -0.25) is 0 Å². The van der Waals surface area contributed by atoms with Gasteiger partial charge in [0, 0.05) is 18.6 Å². The Morgan fingerprint density at radius 3 is 2.33 bits per heavy atom. The second-order valence-electron chi connectivity index (χ2n) is 8.00. The van der Waals surface area contributed by atoms with Crippen LogP contribution in [0.5, 0.6) is 5.75 Å². The number of nitrogens with zero attached hydrogens (tertiary/aromatic N) is 2. The number of halogens is 2. The fourth-order valence-corrected chi connectivity index (χ4v) is 5.41. The summed E-state index contributed by atoms with van der Waals surface area (Å²) in [6.07, 6.45) is 4.11. The van der Waals surface area contributed by atoms with Crippen molar-refractivity contribution in [2.45, 2.75) is 30.6 Å². The van der Waals surface area contributed by atoms with Gasteiger partial charge in [-0.25, -0.2) is 8.78 Å². The molecule has 2 heterocycles. The molecule has 30 heavy (non-hydrogen) atoms. The second-order valence-corrected chi connectivity index (χ2v) is 9.48. The fraction of sp³-hybridized carbons (Fsp3) is 0.364. The number of hydrogen-bond donors (Lipinski definition) is 0. The number of aromatic nitrogens is 1. The zero-order valence-corrected chi connectivity index (χ0v) is 18.0. The molecule has 0 aliphatic carbocycles. The molecule has 0 N–H and O–H groups in total. The Morgan fingerprint density at radius 2 is 1.70 bits per heavy atom. The van der Waals surface area contributed by atoms with Gasteiger partial charge in [-0.1, -0.05) is 6.07 Å². The Bertz CT molecular complexity index is 1190. The molecule has 4 rings (SSSR count). The summed E-state index contributed by atoms with van der Waals surface area (Å²) >= 11 is 0. The van der Waals surface area contributed by atoms with Crippen molar-refractivity contribution >= 4 is 21.0 Å². The van der Waals surface area contributed by atoms with Crippen molar-refractivity contribution in [1.82, 2.24) is 9.47 Å². The molecule has 0 radical (unpaired) electrons. The summed E-state index contributed by atoms with van der Waals surface area (Å²) in [7, 11) is -0.604. The van der Waals surface area contributed by atoms with Gasteiger partial charge < -0.3 is 13.7 Å². The lowest BCUT2D eigenvalue weighted by molar-refractivity contribution is 0.256. The van der Waals surface area contributed by atoms with Crippen molar-refractivity contribution < 1.29 is 21.4 Å². The monoisotopic (exact) mass is 434 g/mol. The van der Waals surface area contributed by atoms with Crippen molar-refractivity contribution in [1.29, 1.82) is 0 Å². The summed E-state index contributed by atoms with van der Waals surface area (Å²) in [5, 5.41) is 0.909. The van der Waals surface area contributed by atoms with E-state index in [1.807, 2.05) is 18.5 Å². The van der Waals surface area contributed by atoms with Gasteiger partial charge in [-0.05, 0) is 81.2 Å². The zero-order valence-electron chi connectivity index (χ0n) is 17.2. The van der Waals surface area contributed by atoms with E-state index in [9.17, 15) is 17.2 Å². The molecule has 1 aliphatic heterocycles. The van der Waals surface area contributed by atoms with E-state index in [1.54, 1.807) is 12.1 Å². The standard InChI is InChI=1S/C22H24F2N2O3S/c1-14-11-16(29-30(27,28)22-19(23)5-4-6-20(22)24)12-17-18(13-26(3)21(14)17)15-7-9-25(2)10-8-15/h4-6,11-13,15H,7-10H2,1-3H3. The van der Waals surface area contributed by atoms with Crippen LogP contribution in [0.3, 0.4) is 0 Å². The van der Waals surface area contributed by atoms with Crippen LogP contribution >= 0.6 is 0 Å². The third-order valence-corrected chi connectivity index (χ3v) is 7.11. The number of fused-ring (bicyclic) bond motifs is 1. The molecule has 0 atom stereocenters. The molecule has 5 nitrogen and oxygen atoms in total. The molecular weight excluding hydrogens is 410 g/mol. The number of likely N-dealkylation sites (tertiary alicyclic amines) is 1. The van der Waals surface area contributed by atoms with Crippen molar-refractivity contribution in [3.8, 4) is 5.75 Å². The van der Waals surface area contributed by atoms with Gasteiger partial charge in [0.2, 0.25) is 0 Å². The van der Waals surface area contributed by atoms with Gasteiger partial charge in [-0.15, -0.1) is 0 Å². The maximum atomic E-state index is 14.0. The molecule has 160 valence electrons. The van der Waals surface area contributed by atoms with Crippen molar-refractivity contribution in [2.24, 2.45) is 7.05 Å². The fourth-order valence-electron chi connectivity index (χ4n) is 4.36. The normalized spacial score (nSPS) is 16.3. The van der Waals surface area contributed by atoms with E-state index in [4.69, 9.17) is 4.18 Å². The average molecular weight is 435 g/mol. The first-order valence-corrected chi connectivity index (χ1v) is 11.2. The molecule has 1 saturated heterocycles. The van der Waals surface area contributed by atoms with Gasteiger partial charge in [0.1, 0.15) is 17.4 Å². The largest absolute Gasteiger partial charge is 0.379 e. The van der Waals surface area contributed by atoms with Gasteiger partial charge in [-0.2, -0.15) is 8.42 Å². The van der Waals surface area contributed by atoms with E-state index >= 15 is 0 Å². The third-order valence-electron chi connectivity index (χ3n) is 5.80. The van der Waals surface area contributed by atoms with Crippen LogP contribution in [0.25, 0.3) is 10.9 Å². The third kappa shape index (κ3) is 3.70. The molecule has 1 aliphatic rings. The van der Waals surface area contributed by atoms with Gasteiger partial charge in [0.05, 0.1) is 5.52 Å². The molecule has 0 spiro atoms. The molecule has 0 saturated carbocycles. The highest BCUT2D eigenvalue weighted by molar-refractivity contribution is 7.87. The Hall–Kier alpha value is -2.45. The molecule has 8 heteroatoms. The van der Waals surface area contributed by atoms with Crippen LogP contribution in [0.1, 0.15) is 29.9 Å².